The van der Waals surface area contributed by atoms with Crippen molar-refractivity contribution >= 4 is 33.3 Å². The van der Waals surface area contributed by atoms with Crippen molar-refractivity contribution in [3.05, 3.63) is 98.7 Å². The molecule has 0 unspecified atom stereocenters. The first-order valence-corrected chi connectivity index (χ1v) is 10.4. The Hall–Kier alpha value is -4.06. The van der Waals surface area contributed by atoms with Gasteiger partial charge in [0.25, 0.3) is 5.91 Å². The van der Waals surface area contributed by atoms with Crippen molar-refractivity contribution in [3.63, 3.8) is 0 Å². The maximum absolute atomic E-state index is 13.9. The van der Waals surface area contributed by atoms with E-state index in [1.54, 1.807) is 30.5 Å². The number of halogens is 2. The van der Waals surface area contributed by atoms with Gasteiger partial charge in [0.2, 0.25) is 0 Å². The monoisotopic (exact) mass is 514 g/mol. The lowest BCUT2D eigenvalue weighted by molar-refractivity contribution is -0.386. The SMILES string of the molecule is O=C(Nc1nn(Cc2ccccc2F)cc1Br)c1ccn(COc2ccccc2[N+](=O)[O-])n1. The fraction of sp³-hybridized carbons (Fsp3) is 0.0952. The molecule has 1 amide bonds. The second-order valence-corrected chi connectivity index (χ2v) is 7.66. The van der Waals surface area contributed by atoms with Crippen molar-refractivity contribution in [2.45, 2.75) is 13.3 Å². The zero-order chi connectivity index (χ0) is 23.4. The quantitative estimate of drug-likeness (QED) is 0.277. The summed E-state index contributed by atoms with van der Waals surface area (Å²) in [6.07, 6.45) is 3.14. The molecule has 33 heavy (non-hydrogen) atoms. The van der Waals surface area contributed by atoms with E-state index in [9.17, 15) is 19.3 Å². The summed E-state index contributed by atoms with van der Waals surface area (Å²) in [5.74, 6) is -0.519. The van der Waals surface area contributed by atoms with Crippen molar-refractivity contribution in [1.82, 2.24) is 19.6 Å². The van der Waals surface area contributed by atoms with Gasteiger partial charge in [-0.2, -0.15) is 10.2 Å². The van der Waals surface area contributed by atoms with Gasteiger partial charge in [0, 0.05) is 24.0 Å². The number of nitro benzene ring substituents is 1. The first-order chi connectivity index (χ1) is 15.9. The fourth-order valence-electron chi connectivity index (χ4n) is 2.96. The highest BCUT2D eigenvalue weighted by atomic mass is 79.9. The zero-order valence-electron chi connectivity index (χ0n) is 16.9. The molecule has 2 aromatic carbocycles. The lowest BCUT2D eigenvalue weighted by Crippen LogP contribution is -2.15. The molecule has 0 saturated heterocycles. The molecule has 4 rings (SSSR count). The molecule has 2 aromatic heterocycles. The van der Waals surface area contributed by atoms with Crippen LogP contribution in [0, 0.1) is 15.9 Å². The molecule has 0 fully saturated rings. The predicted octanol–water partition coefficient (Wildman–Crippen LogP) is 4.23. The second kappa shape index (κ2) is 9.61. The summed E-state index contributed by atoms with van der Waals surface area (Å²) in [5, 5.41) is 22.1. The predicted molar refractivity (Wildman–Crippen MR) is 119 cm³/mol. The molecule has 2 heterocycles. The minimum absolute atomic E-state index is 0.0910. The van der Waals surface area contributed by atoms with E-state index in [0.29, 0.717) is 10.0 Å². The van der Waals surface area contributed by atoms with Gasteiger partial charge >= 0.3 is 5.69 Å². The summed E-state index contributed by atoms with van der Waals surface area (Å²) >= 11 is 3.33. The molecule has 0 aliphatic rings. The molecule has 10 nitrogen and oxygen atoms in total. The Morgan fingerprint density at radius 2 is 1.88 bits per heavy atom. The summed E-state index contributed by atoms with van der Waals surface area (Å²) in [6.45, 7) is 0.0673. The van der Waals surface area contributed by atoms with Gasteiger partial charge in [0.15, 0.2) is 24.0 Å². The van der Waals surface area contributed by atoms with Crippen LogP contribution in [0.5, 0.6) is 5.75 Å². The highest BCUT2D eigenvalue weighted by Crippen LogP contribution is 2.26. The van der Waals surface area contributed by atoms with Crippen LogP contribution in [0.15, 0.2) is 71.5 Å². The Balaban J connectivity index is 1.40. The van der Waals surface area contributed by atoms with Crippen LogP contribution >= 0.6 is 15.9 Å². The molecule has 0 radical (unpaired) electrons. The lowest BCUT2D eigenvalue weighted by Gasteiger charge is -2.06. The molecule has 0 atom stereocenters. The standard InChI is InChI=1S/C21H16BrFN6O4/c22-15-12-28(11-14-5-1-2-6-16(14)23)26-20(15)24-21(30)17-9-10-27(25-17)13-33-19-8-4-3-7-18(19)29(31)32/h1-10,12H,11,13H2,(H,24,26,30). The van der Waals surface area contributed by atoms with Gasteiger partial charge in [-0.25, -0.2) is 9.07 Å². The van der Waals surface area contributed by atoms with Crippen LogP contribution in [0.25, 0.3) is 0 Å². The van der Waals surface area contributed by atoms with Crippen LogP contribution in [-0.4, -0.2) is 30.4 Å². The topological polar surface area (TPSA) is 117 Å². The average Bonchev–Trinajstić information content (AvgIpc) is 3.41. The van der Waals surface area contributed by atoms with E-state index in [-0.39, 0.29) is 42.0 Å². The highest BCUT2D eigenvalue weighted by Gasteiger charge is 2.17. The van der Waals surface area contributed by atoms with Gasteiger partial charge in [-0.05, 0) is 34.1 Å². The zero-order valence-corrected chi connectivity index (χ0v) is 18.5. The molecular formula is C21H16BrFN6O4. The molecule has 0 bridgehead atoms. The molecule has 0 aliphatic heterocycles. The van der Waals surface area contributed by atoms with Crippen molar-refractivity contribution in [3.8, 4) is 5.75 Å². The van der Waals surface area contributed by atoms with Crippen LogP contribution in [0.2, 0.25) is 0 Å². The number of nitrogens with one attached hydrogen (secondary N) is 1. The molecular weight excluding hydrogens is 499 g/mol. The highest BCUT2D eigenvalue weighted by molar-refractivity contribution is 9.10. The Bertz CT molecular complexity index is 1320. The van der Waals surface area contributed by atoms with Gasteiger partial charge in [-0.3, -0.25) is 19.6 Å². The third-order valence-electron chi connectivity index (χ3n) is 4.53. The number of ether oxygens (including phenoxy) is 1. The Morgan fingerprint density at radius 1 is 1.12 bits per heavy atom. The van der Waals surface area contributed by atoms with Gasteiger partial charge in [-0.1, -0.05) is 30.3 Å². The van der Waals surface area contributed by atoms with E-state index in [1.165, 1.54) is 45.9 Å². The summed E-state index contributed by atoms with van der Waals surface area (Å²) in [5.41, 5.74) is 0.387. The van der Waals surface area contributed by atoms with E-state index in [0.717, 1.165) is 0 Å². The number of anilines is 1. The number of carbonyl (C=O) groups excluding carboxylic acids is 1. The number of nitro groups is 1. The molecule has 4 aromatic rings. The average molecular weight is 515 g/mol. The summed E-state index contributed by atoms with van der Waals surface area (Å²) in [6, 6.07) is 13.8. The number of amides is 1. The maximum atomic E-state index is 13.9. The lowest BCUT2D eigenvalue weighted by atomic mass is 10.2. The minimum Gasteiger partial charge on any atom is -0.464 e. The van der Waals surface area contributed by atoms with Gasteiger partial charge in [-0.15, -0.1) is 0 Å². The van der Waals surface area contributed by atoms with Crippen LogP contribution in [0.3, 0.4) is 0 Å². The van der Waals surface area contributed by atoms with E-state index in [2.05, 4.69) is 31.4 Å². The Kier molecular flexibility index (Phi) is 6.45. The number of benzene rings is 2. The van der Waals surface area contributed by atoms with E-state index >= 15 is 0 Å². The van der Waals surface area contributed by atoms with Crippen LogP contribution < -0.4 is 10.1 Å². The second-order valence-electron chi connectivity index (χ2n) is 6.81. The number of para-hydroxylation sites is 2. The number of rotatable bonds is 8. The summed E-state index contributed by atoms with van der Waals surface area (Å²) in [4.78, 5) is 23.1. The number of carbonyl (C=O) groups is 1. The van der Waals surface area contributed by atoms with E-state index < -0.39 is 10.8 Å². The van der Waals surface area contributed by atoms with Crippen molar-refractivity contribution in [2.24, 2.45) is 0 Å². The van der Waals surface area contributed by atoms with Crippen LogP contribution in [0.4, 0.5) is 15.9 Å². The maximum Gasteiger partial charge on any atom is 0.311 e. The largest absolute Gasteiger partial charge is 0.464 e. The normalized spacial score (nSPS) is 10.7. The molecule has 1 N–H and O–H groups in total. The van der Waals surface area contributed by atoms with Gasteiger partial charge in [0.05, 0.1) is 15.9 Å². The number of hydrogen-bond acceptors (Lipinski definition) is 6. The summed E-state index contributed by atoms with van der Waals surface area (Å²) < 4.78 is 22.7. The first-order valence-electron chi connectivity index (χ1n) is 9.58. The molecule has 0 saturated carbocycles. The van der Waals surface area contributed by atoms with Crippen molar-refractivity contribution < 1.29 is 18.8 Å². The number of nitrogens with zero attached hydrogens (tertiary/aromatic N) is 5. The molecule has 168 valence electrons. The first kappa shape index (κ1) is 22.1. The third-order valence-corrected chi connectivity index (χ3v) is 5.11. The Labute approximate surface area is 194 Å². The Morgan fingerprint density at radius 3 is 2.67 bits per heavy atom. The van der Waals surface area contributed by atoms with Crippen molar-refractivity contribution in [1.29, 1.82) is 0 Å². The van der Waals surface area contributed by atoms with E-state index in [1.807, 2.05) is 0 Å². The molecule has 0 aliphatic carbocycles. The molecule has 12 heteroatoms. The van der Waals surface area contributed by atoms with E-state index in [4.69, 9.17) is 4.74 Å². The van der Waals surface area contributed by atoms with Gasteiger partial charge < -0.3 is 10.1 Å². The van der Waals surface area contributed by atoms with Crippen molar-refractivity contribution in [2.75, 3.05) is 5.32 Å². The van der Waals surface area contributed by atoms with Crippen LogP contribution in [-0.2, 0) is 13.3 Å². The van der Waals surface area contributed by atoms with Crippen LogP contribution in [0.1, 0.15) is 16.1 Å². The number of aromatic nitrogens is 4. The summed E-state index contributed by atoms with van der Waals surface area (Å²) in [7, 11) is 0. The third kappa shape index (κ3) is 5.23. The number of hydrogen-bond donors (Lipinski definition) is 1. The molecule has 0 spiro atoms. The minimum atomic E-state index is -0.541. The fourth-order valence-corrected chi connectivity index (χ4v) is 3.37. The smallest absolute Gasteiger partial charge is 0.311 e. The van der Waals surface area contributed by atoms with Gasteiger partial charge in [0.1, 0.15) is 5.82 Å².